The van der Waals surface area contributed by atoms with Crippen LogP contribution in [0.3, 0.4) is 0 Å². The molecule has 5 nitrogen and oxygen atoms in total. The van der Waals surface area contributed by atoms with Crippen molar-refractivity contribution in [3.05, 3.63) is 84.1 Å². The summed E-state index contributed by atoms with van der Waals surface area (Å²) in [7, 11) is 0. The van der Waals surface area contributed by atoms with Crippen molar-refractivity contribution >= 4 is 16.9 Å². The summed E-state index contributed by atoms with van der Waals surface area (Å²) >= 11 is 0. The first kappa shape index (κ1) is 24.4. The predicted molar refractivity (Wildman–Crippen MR) is 138 cm³/mol. The maximum Gasteiger partial charge on any atom is 0.313 e. The Bertz CT molecular complexity index is 1270. The van der Waals surface area contributed by atoms with Gasteiger partial charge in [0.05, 0.1) is 24.9 Å². The minimum absolute atomic E-state index is 0.506. The van der Waals surface area contributed by atoms with Gasteiger partial charge in [0, 0.05) is 22.9 Å². The molecule has 4 rings (SSSR count). The van der Waals surface area contributed by atoms with Crippen molar-refractivity contribution in [2.24, 2.45) is 0 Å². The van der Waals surface area contributed by atoms with Crippen LogP contribution < -0.4 is 9.47 Å². The Morgan fingerprint density at radius 2 is 1.66 bits per heavy atom. The highest BCUT2D eigenvalue weighted by molar-refractivity contribution is 5.96. The standard InChI is InChI=1S/C30H32O5/c1-4-9-25-27(17-16-24-26(20-35-28(24)25)21-10-6-5-7-11-21)34-19-8-18-33-23-14-12-22(13-15-23)30(2,3)29(31)32/h5-7,10-17,20H,4,8-9,18-19H2,1-3H3,(H,31,32). The lowest BCUT2D eigenvalue weighted by Gasteiger charge is -2.19. The summed E-state index contributed by atoms with van der Waals surface area (Å²) in [5, 5.41) is 10.5. The number of fused-ring (bicyclic) bond motifs is 1. The fourth-order valence-corrected chi connectivity index (χ4v) is 4.12. The Morgan fingerprint density at radius 3 is 2.34 bits per heavy atom. The van der Waals surface area contributed by atoms with Gasteiger partial charge in [0.1, 0.15) is 17.1 Å². The SMILES string of the molecule is CCCc1c(OCCCOc2ccc(C(C)(C)C(=O)O)cc2)ccc2c(-c3ccccc3)coc12. The first-order chi connectivity index (χ1) is 16.9. The first-order valence-corrected chi connectivity index (χ1v) is 12.1. The number of hydrogen-bond donors (Lipinski definition) is 1. The molecule has 182 valence electrons. The van der Waals surface area contributed by atoms with E-state index in [1.165, 1.54) is 0 Å². The van der Waals surface area contributed by atoms with E-state index in [0.717, 1.165) is 58.2 Å². The van der Waals surface area contributed by atoms with Crippen molar-refractivity contribution in [3.8, 4) is 22.6 Å². The Labute approximate surface area is 206 Å². The van der Waals surface area contributed by atoms with Gasteiger partial charge in [-0.25, -0.2) is 0 Å². The minimum Gasteiger partial charge on any atom is -0.493 e. The van der Waals surface area contributed by atoms with E-state index in [2.05, 4.69) is 25.1 Å². The van der Waals surface area contributed by atoms with Crippen LogP contribution in [0, 0.1) is 0 Å². The van der Waals surface area contributed by atoms with Gasteiger partial charge >= 0.3 is 5.97 Å². The van der Waals surface area contributed by atoms with Crippen LogP contribution in [0.5, 0.6) is 11.5 Å². The summed E-state index contributed by atoms with van der Waals surface area (Å²) in [6.45, 7) is 6.57. The maximum atomic E-state index is 11.4. The average molecular weight is 473 g/mol. The fraction of sp³-hybridized carbons (Fsp3) is 0.300. The molecular formula is C30H32O5. The number of carboxylic acids is 1. The zero-order valence-electron chi connectivity index (χ0n) is 20.5. The zero-order chi connectivity index (χ0) is 24.8. The number of hydrogen-bond acceptors (Lipinski definition) is 4. The van der Waals surface area contributed by atoms with E-state index in [-0.39, 0.29) is 0 Å². The van der Waals surface area contributed by atoms with Crippen LogP contribution >= 0.6 is 0 Å². The molecule has 1 N–H and O–H groups in total. The van der Waals surface area contributed by atoms with Crippen LogP contribution in [-0.4, -0.2) is 24.3 Å². The second-order valence-corrected chi connectivity index (χ2v) is 9.19. The Kier molecular flexibility index (Phi) is 7.45. The third-order valence-electron chi connectivity index (χ3n) is 6.31. The van der Waals surface area contributed by atoms with Crippen molar-refractivity contribution in [2.75, 3.05) is 13.2 Å². The average Bonchev–Trinajstić information content (AvgIpc) is 3.30. The molecule has 1 heterocycles. The summed E-state index contributed by atoms with van der Waals surface area (Å²) in [5.41, 5.74) is 4.04. The summed E-state index contributed by atoms with van der Waals surface area (Å²) in [6.07, 6.45) is 4.43. The Hall–Kier alpha value is -3.73. The van der Waals surface area contributed by atoms with Crippen LogP contribution in [0.2, 0.25) is 0 Å². The Balaban J connectivity index is 1.37. The molecule has 3 aromatic carbocycles. The van der Waals surface area contributed by atoms with Crippen molar-refractivity contribution in [2.45, 2.75) is 45.4 Å². The fourth-order valence-electron chi connectivity index (χ4n) is 4.12. The summed E-state index contributed by atoms with van der Waals surface area (Å²) in [6, 6.07) is 21.6. The van der Waals surface area contributed by atoms with Crippen molar-refractivity contribution in [1.29, 1.82) is 0 Å². The van der Waals surface area contributed by atoms with E-state index >= 15 is 0 Å². The normalized spacial score (nSPS) is 11.5. The predicted octanol–water partition coefficient (Wildman–Crippen LogP) is 7.26. The molecule has 0 amide bonds. The molecular weight excluding hydrogens is 440 g/mol. The lowest BCUT2D eigenvalue weighted by molar-refractivity contribution is -0.142. The topological polar surface area (TPSA) is 68.9 Å². The highest BCUT2D eigenvalue weighted by Gasteiger charge is 2.29. The molecule has 0 radical (unpaired) electrons. The highest BCUT2D eigenvalue weighted by atomic mass is 16.5. The lowest BCUT2D eigenvalue weighted by atomic mass is 9.85. The van der Waals surface area contributed by atoms with Crippen LogP contribution in [-0.2, 0) is 16.6 Å². The monoisotopic (exact) mass is 472 g/mol. The molecule has 4 aromatic rings. The number of benzene rings is 3. The van der Waals surface area contributed by atoms with Gasteiger partial charge in [-0.3, -0.25) is 4.79 Å². The van der Waals surface area contributed by atoms with Crippen LogP contribution in [0.1, 0.15) is 44.7 Å². The van der Waals surface area contributed by atoms with Crippen LogP contribution in [0.25, 0.3) is 22.1 Å². The number of carbonyl (C=O) groups is 1. The minimum atomic E-state index is -0.931. The molecule has 5 heteroatoms. The third kappa shape index (κ3) is 5.35. The molecule has 0 spiro atoms. The van der Waals surface area contributed by atoms with E-state index in [9.17, 15) is 9.90 Å². The molecule has 0 atom stereocenters. The van der Waals surface area contributed by atoms with Gasteiger partial charge < -0.3 is 19.0 Å². The highest BCUT2D eigenvalue weighted by Crippen LogP contribution is 2.37. The largest absolute Gasteiger partial charge is 0.493 e. The number of ether oxygens (including phenoxy) is 2. The smallest absolute Gasteiger partial charge is 0.313 e. The number of carboxylic acid groups (broad SMARTS) is 1. The van der Waals surface area contributed by atoms with Gasteiger partial charge in [0.2, 0.25) is 0 Å². The number of rotatable bonds is 11. The summed E-state index contributed by atoms with van der Waals surface area (Å²) in [4.78, 5) is 11.4. The van der Waals surface area contributed by atoms with Gasteiger partial charge in [-0.1, -0.05) is 55.8 Å². The van der Waals surface area contributed by atoms with E-state index in [1.807, 2.05) is 42.7 Å². The molecule has 0 aliphatic heterocycles. The zero-order valence-corrected chi connectivity index (χ0v) is 20.5. The number of furan rings is 1. The maximum absolute atomic E-state index is 11.4. The second-order valence-electron chi connectivity index (χ2n) is 9.19. The lowest BCUT2D eigenvalue weighted by Crippen LogP contribution is -2.28. The van der Waals surface area contributed by atoms with Crippen molar-refractivity contribution in [3.63, 3.8) is 0 Å². The molecule has 0 aliphatic carbocycles. The van der Waals surface area contributed by atoms with Gasteiger partial charge in [0.15, 0.2) is 0 Å². The van der Waals surface area contributed by atoms with Crippen molar-refractivity contribution < 1.29 is 23.8 Å². The molecule has 0 aliphatic rings. The Morgan fingerprint density at radius 1 is 0.943 bits per heavy atom. The van der Waals surface area contributed by atoms with Gasteiger partial charge in [0.25, 0.3) is 0 Å². The van der Waals surface area contributed by atoms with Gasteiger partial charge in [-0.15, -0.1) is 0 Å². The van der Waals surface area contributed by atoms with E-state index in [4.69, 9.17) is 13.9 Å². The molecule has 0 saturated heterocycles. The van der Waals surface area contributed by atoms with Crippen LogP contribution in [0.15, 0.2) is 77.4 Å². The third-order valence-corrected chi connectivity index (χ3v) is 6.31. The summed E-state index contributed by atoms with van der Waals surface area (Å²) in [5.74, 6) is 0.718. The molecule has 0 unspecified atom stereocenters. The number of aryl methyl sites for hydroxylation is 1. The molecule has 0 fully saturated rings. The van der Waals surface area contributed by atoms with E-state index < -0.39 is 11.4 Å². The molecule has 0 bridgehead atoms. The van der Waals surface area contributed by atoms with Crippen LogP contribution in [0.4, 0.5) is 0 Å². The van der Waals surface area contributed by atoms with E-state index in [1.54, 1.807) is 26.0 Å². The summed E-state index contributed by atoms with van der Waals surface area (Å²) < 4.78 is 18.0. The first-order valence-electron chi connectivity index (χ1n) is 12.1. The number of aliphatic carboxylic acids is 1. The van der Waals surface area contributed by atoms with Gasteiger partial charge in [-0.2, -0.15) is 0 Å². The second kappa shape index (κ2) is 10.7. The van der Waals surface area contributed by atoms with E-state index in [0.29, 0.717) is 19.0 Å². The quantitative estimate of drug-likeness (QED) is 0.233. The van der Waals surface area contributed by atoms with Gasteiger partial charge in [-0.05, 0) is 55.7 Å². The molecule has 35 heavy (non-hydrogen) atoms. The molecule has 0 saturated carbocycles. The van der Waals surface area contributed by atoms with Crippen molar-refractivity contribution in [1.82, 2.24) is 0 Å². The molecule has 1 aromatic heterocycles.